The zero-order valence-electron chi connectivity index (χ0n) is 11.9. The van der Waals surface area contributed by atoms with Gasteiger partial charge in [-0.1, -0.05) is 5.16 Å². The third-order valence-corrected chi connectivity index (χ3v) is 3.22. The molecule has 0 aliphatic carbocycles. The van der Waals surface area contributed by atoms with Crippen LogP contribution in [0.5, 0.6) is 0 Å². The molecule has 3 heterocycles. The molecule has 1 unspecified atom stereocenters. The zero-order chi connectivity index (χ0) is 14.7. The van der Waals surface area contributed by atoms with Crippen molar-refractivity contribution in [3.8, 4) is 11.5 Å². The van der Waals surface area contributed by atoms with Gasteiger partial charge >= 0.3 is 0 Å². The molecule has 1 N–H and O–H groups in total. The highest BCUT2D eigenvalue weighted by Crippen LogP contribution is 2.15. The van der Waals surface area contributed by atoms with Crippen molar-refractivity contribution >= 4 is 0 Å². The summed E-state index contributed by atoms with van der Waals surface area (Å²) < 4.78 is 10.3. The smallest absolute Gasteiger partial charge is 0.240 e. The van der Waals surface area contributed by atoms with Crippen LogP contribution < -0.4 is 5.32 Å². The Morgan fingerprint density at radius 1 is 1.33 bits per heavy atom. The van der Waals surface area contributed by atoms with Crippen molar-refractivity contribution in [2.24, 2.45) is 0 Å². The van der Waals surface area contributed by atoms with Gasteiger partial charge in [0.25, 0.3) is 0 Å². The number of aryl methyl sites for hydroxylation is 1. The summed E-state index contributed by atoms with van der Waals surface area (Å²) >= 11 is 0. The normalized spacial score (nSPS) is 12.5. The van der Waals surface area contributed by atoms with Gasteiger partial charge in [0.15, 0.2) is 0 Å². The van der Waals surface area contributed by atoms with Crippen LogP contribution in [0.25, 0.3) is 11.5 Å². The summed E-state index contributed by atoms with van der Waals surface area (Å²) in [6.45, 7) is 4.54. The van der Waals surface area contributed by atoms with Crippen molar-refractivity contribution in [1.29, 1.82) is 0 Å². The van der Waals surface area contributed by atoms with Gasteiger partial charge in [0, 0.05) is 17.8 Å². The molecule has 0 spiro atoms. The molecular formula is C15H16N4O2. The molecule has 3 rings (SSSR count). The summed E-state index contributed by atoms with van der Waals surface area (Å²) in [5, 5.41) is 7.26. The molecule has 21 heavy (non-hydrogen) atoms. The van der Waals surface area contributed by atoms with Gasteiger partial charge in [-0.05, 0) is 37.6 Å². The molecule has 0 saturated carbocycles. The van der Waals surface area contributed by atoms with Gasteiger partial charge in [-0.15, -0.1) is 0 Å². The maximum atomic E-state index is 5.24. The number of pyridine rings is 1. The molecule has 0 aliphatic heterocycles. The number of rotatable bonds is 5. The molecule has 0 fully saturated rings. The lowest BCUT2D eigenvalue weighted by atomic mass is 10.2. The quantitative estimate of drug-likeness (QED) is 0.776. The lowest BCUT2D eigenvalue weighted by Gasteiger charge is -2.08. The number of hydrogen-bond donors (Lipinski definition) is 1. The second-order valence-corrected chi connectivity index (χ2v) is 4.89. The molecule has 6 heteroatoms. The van der Waals surface area contributed by atoms with E-state index in [1.165, 1.54) is 0 Å². The maximum Gasteiger partial charge on any atom is 0.240 e. The fourth-order valence-corrected chi connectivity index (χ4v) is 1.97. The van der Waals surface area contributed by atoms with E-state index in [1.807, 2.05) is 32.0 Å². The van der Waals surface area contributed by atoms with Crippen molar-refractivity contribution in [1.82, 2.24) is 20.4 Å². The molecule has 0 aliphatic rings. The lowest BCUT2D eigenvalue weighted by Crippen LogP contribution is -2.17. The van der Waals surface area contributed by atoms with Crippen molar-refractivity contribution in [3.63, 3.8) is 0 Å². The van der Waals surface area contributed by atoms with Crippen LogP contribution in [0, 0.1) is 6.92 Å². The highest BCUT2D eigenvalue weighted by molar-refractivity contribution is 5.48. The highest BCUT2D eigenvalue weighted by Gasteiger charge is 2.12. The van der Waals surface area contributed by atoms with E-state index >= 15 is 0 Å². The lowest BCUT2D eigenvalue weighted by molar-refractivity contribution is 0.360. The van der Waals surface area contributed by atoms with Gasteiger partial charge in [-0.25, -0.2) is 0 Å². The summed E-state index contributed by atoms with van der Waals surface area (Å²) in [5.41, 5.74) is 2.90. The van der Waals surface area contributed by atoms with E-state index in [0.717, 1.165) is 11.1 Å². The van der Waals surface area contributed by atoms with Crippen molar-refractivity contribution in [2.75, 3.05) is 0 Å². The minimum atomic E-state index is 0.149. The second kappa shape index (κ2) is 5.88. The minimum Gasteiger partial charge on any atom is -0.472 e. The molecule has 108 valence electrons. The molecule has 0 bridgehead atoms. The number of nitrogens with one attached hydrogen (secondary N) is 1. The van der Waals surface area contributed by atoms with Gasteiger partial charge in [-0.3, -0.25) is 4.98 Å². The number of furan rings is 1. The molecule has 0 amide bonds. The van der Waals surface area contributed by atoms with E-state index in [0.29, 0.717) is 24.0 Å². The second-order valence-electron chi connectivity index (χ2n) is 4.89. The van der Waals surface area contributed by atoms with E-state index in [-0.39, 0.29) is 6.04 Å². The summed E-state index contributed by atoms with van der Waals surface area (Å²) in [6.07, 6.45) is 5.11. The molecule has 3 aromatic rings. The molecule has 0 aromatic carbocycles. The van der Waals surface area contributed by atoms with E-state index < -0.39 is 0 Å². The first-order valence-corrected chi connectivity index (χ1v) is 6.73. The Balaban J connectivity index is 1.65. The first kappa shape index (κ1) is 13.5. The van der Waals surface area contributed by atoms with Gasteiger partial charge < -0.3 is 14.3 Å². The third-order valence-electron chi connectivity index (χ3n) is 3.22. The first-order valence-electron chi connectivity index (χ1n) is 6.73. The van der Waals surface area contributed by atoms with Crippen LogP contribution in [-0.4, -0.2) is 15.1 Å². The summed E-state index contributed by atoms with van der Waals surface area (Å²) in [6, 6.07) is 5.93. The molecule has 0 radical (unpaired) electrons. The maximum absolute atomic E-state index is 5.24. The van der Waals surface area contributed by atoms with Crippen molar-refractivity contribution in [3.05, 3.63) is 53.9 Å². The molecule has 1 atom stereocenters. The SMILES string of the molecule is Cc1ccnc(-c2noc(CNC(C)c3ccoc3)n2)c1. The Hall–Kier alpha value is -2.47. The van der Waals surface area contributed by atoms with Crippen molar-refractivity contribution < 1.29 is 8.94 Å². The van der Waals surface area contributed by atoms with E-state index in [4.69, 9.17) is 8.94 Å². The predicted molar refractivity (Wildman–Crippen MR) is 76.2 cm³/mol. The largest absolute Gasteiger partial charge is 0.472 e. The zero-order valence-corrected chi connectivity index (χ0v) is 11.9. The Labute approximate surface area is 122 Å². The number of nitrogens with zero attached hydrogens (tertiary/aromatic N) is 3. The molecular weight excluding hydrogens is 268 g/mol. The fraction of sp³-hybridized carbons (Fsp3) is 0.267. The van der Waals surface area contributed by atoms with Crippen LogP contribution in [0.1, 0.15) is 30.0 Å². The van der Waals surface area contributed by atoms with Crippen LogP contribution >= 0.6 is 0 Å². The van der Waals surface area contributed by atoms with Crippen LogP contribution in [0.3, 0.4) is 0 Å². The van der Waals surface area contributed by atoms with Crippen LogP contribution in [0.2, 0.25) is 0 Å². The molecule has 0 saturated heterocycles. The van der Waals surface area contributed by atoms with E-state index in [9.17, 15) is 0 Å². The summed E-state index contributed by atoms with van der Waals surface area (Å²) in [5.74, 6) is 1.04. The van der Waals surface area contributed by atoms with Gasteiger partial charge in [0.2, 0.25) is 11.7 Å². The first-order chi connectivity index (χ1) is 10.2. The monoisotopic (exact) mass is 284 g/mol. The van der Waals surface area contributed by atoms with Gasteiger partial charge in [0.05, 0.1) is 19.1 Å². The minimum absolute atomic E-state index is 0.149. The summed E-state index contributed by atoms with van der Waals surface area (Å²) in [4.78, 5) is 8.59. The van der Waals surface area contributed by atoms with Gasteiger partial charge in [0.1, 0.15) is 5.69 Å². The molecule has 3 aromatic heterocycles. The van der Waals surface area contributed by atoms with E-state index in [1.54, 1.807) is 18.7 Å². The van der Waals surface area contributed by atoms with Crippen LogP contribution in [0.15, 0.2) is 45.9 Å². The Kier molecular flexibility index (Phi) is 3.79. The number of hydrogen-bond acceptors (Lipinski definition) is 6. The summed E-state index contributed by atoms with van der Waals surface area (Å²) in [7, 11) is 0. The van der Waals surface area contributed by atoms with Crippen LogP contribution in [-0.2, 0) is 6.54 Å². The molecule has 6 nitrogen and oxygen atoms in total. The predicted octanol–water partition coefficient (Wildman–Crippen LogP) is 2.88. The van der Waals surface area contributed by atoms with Gasteiger partial charge in [-0.2, -0.15) is 4.98 Å². The standard InChI is InChI=1S/C15H16N4O2/c1-10-3-5-16-13(7-10)15-18-14(21-19-15)8-17-11(2)12-4-6-20-9-12/h3-7,9,11,17H,8H2,1-2H3. The Morgan fingerprint density at radius 2 is 2.24 bits per heavy atom. The number of aromatic nitrogens is 3. The van der Waals surface area contributed by atoms with E-state index in [2.05, 4.69) is 20.4 Å². The Bertz CT molecular complexity index is 706. The average molecular weight is 284 g/mol. The third kappa shape index (κ3) is 3.17. The van der Waals surface area contributed by atoms with Crippen molar-refractivity contribution in [2.45, 2.75) is 26.4 Å². The topological polar surface area (TPSA) is 77.0 Å². The average Bonchev–Trinajstić information content (AvgIpc) is 3.16. The highest BCUT2D eigenvalue weighted by atomic mass is 16.5. The fourth-order valence-electron chi connectivity index (χ4n) is 1.97. The Morgan fingerprint density at radius 3 is 3.00 bits per heavy atom. The van der Waals surface area contributed by atoms with Crippen LogP contribution in [0.4, 0.5) is 0 Å².